The third-order valence-electron chi connectivity index (χ3n) is 3.47. The van der Waals surface area contributed by atoms with Gasteiger partial charge in [0.2, 0.25) is 5.95 Å². The summed E-state index contributed by atoms with van der Waals surface area (Å²) in [5, 5.41) is 16.4. The summed E-state index contributed by atoms with van der Waals surface area (Å²) in [7, 11) is 0. The molecular weight excluding hydrogens is 318 g/mol. The van der Waals surface area contributed by atoms with E-state index >= 15 is 0 Å². The first kappa shape index (κ1) is 16.6. The molecule has 1 unspecified atom stereocenters. The van der Waals surface area contributed by atoms with Crippen LogP contribution in [0.2, 0.25) is 0 Å². The average Bonchev–Trinajstić information content (AvgIpc) is 2.67. The smallest absolute Gasteiger partial charge is 0.231 e. The predicted molar refractivity (Wildman–Crippen MR) is 97.3 cm³/mol. The van der Waals surface area contributed by atoms with Crippen LogP contribution in [0.15, 0.2) is 60.9 Å². The van der Waals surface area contributed by atoms with Crippen LogP contribution in [0, 0.1) is 0 Å². The highest BCUT2D eigenvalue weighted by Crippen LogP contribution is 2.19. The molecule has 8 nitrogen and oxygen atoms in total. The number of pyridine rings is 1. The van der Waals surface area contributed by atoms with E-state index in [1.165, 1.54) is 0 Å². The van der Waals surface area contributed by atoms with Gasteiger partial charge >= 0.3 is 0 Å². The summed E-state index contributed by atoms with van der Waals surface area (Å²) in [6, 6.07) is 14.8. The number of nitrogen functional groups attached to an aromatic ring is 1. The second-order valence-corrected chi connectivity index (χ2v) is 5.27. The van der Waals surface area contributed by atoms with Crippen LogP contribution >= 0.6 is 0 Å². The van der Waals surface area contributed by atoms with Crippen molar-refractivity contribution in [2.24, 2.45) is 5.84 Å². The van der Waals surface area contributed by atoms with Crippen LogP contribution < -0.4 is 21.9 Å². The largest absolute Gasteiger partial charge is 0.387 e. The number of nitrogens with two attached hydrogens (primary N) is 1. The second kappa shape index (κ2) is 8.04. The zero-order valence-corrected chi connectivity index (χ0v) is 13.4. The van der Waals surface area contributed by atoms with Crippen LogP contribution in [0.1, 0.15) is 11.7 Å². The first-order valence-corrected chi connectivity index (χ1v) is 7.74. The molecule has 1 atom stereocenters. The lowest BCUT2D eigenvalue weighted by atomic mass is 10.1. The topological polar surface area (TPSA) is 121 Å². The van der Waals surface area contributed by atoms with E-state index in [9.17, 15) is 5.11 Å². The fourth-order valence-corrected chi connectivity index (χ4v) is 2.22. The molecule has 0 amide bonds. The Hall–Kier alpha value is -3.23. The molecule has 25 heavy (non-hydrogen) atoms. The van der Waals surface area contributed by atoms with Crippen LogP contribution in [0.25, 0.3) is 0 Å². The summed E-state index contributed by atoms with van der Waals surface area (Å²) in [6.07, 6.45) is 2.60. The number of aromatic nitrogens is 3. The van der Waals surface area contributed by atoms with Crippen molar-refractivity contribution >= 4 is 23.3 Å². The highest BCUT2D eigenvalue weighted by atomic mass is 16.3. The van der Waals surface area contributed by atoms with E-state index in [0.29, 0.717) is 17.6 Å². The average molecular weight is 337 g/mol. The Balaban J connectivity index is 1.71. The number of benzene rings is 1. The van der Waals surface area contributed by atoms with Crippen molar-refractivity contribution in [3.8, 4) is 0 Å². The van der Waals surface area contributed by atoms with Gasteiger partial charge in [-0.05, 0) is 29.8 Å². The van der Waals surface area contributed by atoms with Gasteiger partial charge in [0, 0.05) is 30.7 Å². The van der Waals surface area contributed by atoms with Crippen molar-refractivity contribution in [2.45, 2.75) is 6.10 Å². The molecule has 0 spiro atoms. The van der Waals surface area contributed by atoms with Crippen molar-refractivity contribution in [1.29, 1.82) is 0 Å². The van der Waals surface area contributed by atoms with Crippen LogP contribution in [-0.2, 0) is 0 Å². The maximum atomic E-state index is 10.2. The Morgan fingerprint density at radius 3 is 2.44 bits per heavy atom. The lowest BCUT2D eigenvalue weighted by Gasteiger charge is -2.14. The molecule has 2 aromatic heterocycles. The minimum Gasteiger partial charge on any atom is -0.387 e. The van der Waals surface area contributed by atoms with Gasteiger partial charge in [0.25, 0.3) is 0 Å². The van der Waals surface area contributed by atoms with E-state index in [4.69, 9.17) is 5.84 Å². The molecule has 0 aliphatic heterocycles. The molecule has 2 heterocycles. The van der Waals surface area contributed by atoms with Gasteiger partial charge in [0.1, 0.15) is 11.6 Å². The van der Waals surface area contributed by atoms with Gasteiger partial charge < -0.3 is 21.2 Å². The third-order valence-corrected chi connectivity index (χ3v) is 3.47. The standard InChI is InChI=1S/C17H19N7O/c18-24-16-10-15(20-11-14(25)12-6-8-19-9-7-12)22-17(23-16)21-13-4-2-1-3-5-13/h1-10,14,25H,11,18H2,(H3,20,21,22,23,24). The van der Waals surface area contributed by atoms with Gasteiger partial charge in [-0.25, -0.2) is 5.84 Å². The number of hydrazine groups is 1. The maximum Gasteiger partial charge on any atom is 0.231 e. The molecule has 3 aromatic rings. The predicted octanol–water partition coefficient (Wildman–Crippen LogP) is 2.05. The van der Waals surface area contributed by atoms with Crippen LogP contribution in [-0.4, -0.2) is 26.6 Å². The van der Waals surface area contributed by atoms with Gasteiger partial charge in [-0.1, -0.05) is 18.2 Å². The quantitative estimate of drug-likeness (QED) is 0.328. The zero-order valence-electron chi connectivity index (χ0n) is 13.4. The fourth-order valence-electron chi connectivity index (χ4n) is 2.22. The molecule has 0 bridgehead atoms. The molecule has 0 aliphatic rings. The van der Waals surface area contributed by atoms with Crippen molar-refractivity contribution in [1.82, 2.24) is 15.0 Å². The number of rotatable bonds is 7. The summed E-state index contributed by atoms with van der Waals surface area (Å²) in [5.41, 5.74) is 4.15. The summed E-state index contributed by atoms with van der Waals surface area (Å²) < 4.78 is 0. The lowest BCUT2D eigenvalue weighted by molar-refractivity contribution is 0.191. The molecule has 6 N–H and O–H groups in total. The minimum absolute atomic E-state index is 0.288. The minimum atomic E-state index is -0.683. The molecule has 8 heteroatoms. The third kappa shape index (κ3) is 4.63. The Morgan fingerprint density at radius 2 is 1.72 bits per heavy atom. The SMILES string of the molecule is NNc1cc(NCC(O)c2ccncc2)nc(Nc2ccccc2)n1. The highest BCUT2D eigenvalue weighted by Gasteiger charge is 2.09. The number of aliphatic hydroxyl groups excluding tert-OH is 1. The van der Waals surface area contributed by atoms with E-state index in [2.05, 4.69) is 31.0 Å². The Kier molecular flexibility index (Phi) is 5.35. The van der Waals surface area contributed by atoms with E-state index < -0.39 is 6.10 Å². The number of para-hydroxylation sites is 1. The second-order valence-electron chi connectivity index (χ2n) is 5.27. The summed E-state index contributed by atoms with van der Waals surface area (Å²) in [6.45, 7) is 0.288. The number of nitrogens with zero attached hydrogens (tertiary/aromatic N) is 3. The zero-order chi connectivity index (χ0) is 17.5. The Labute approximate surface area is 145 Å². The van der Waals surface area contributed by atoms with E-state index in [-0.39, 0.29) is 6.54 Å². The lowest BCUT2D eigenvalue weighted by Crippen LogP contribution is -2.15. The van der Waals surface area contributed by atoms with Crippen molar-refractivity contribution in [3.05, 3.63) is 66.5 Å². The Morgan fingerprint density at radius 1 is 1.00 bits per heavy atom. The van der Waals surface area contributed by atoms with Crippen molar-refractivity contribution in [2.75, 3.05) is 22.6 Å². The molecule has 128 valence electrons. The van der Waals surface area contributed by atoms with Gasteiger partial charge in [-0.15, -0.1) is 0 Å². The Bertz CT molecular complexity index is 799. The maximum absolute atomic E-state index is 10.2. The number of aliphatic hydroxyl groups is 1. The molecule has 0 aliphatic carbocycles. The molecule has 3 rings (SSSR count). The van der Waals surface area contributed by atoms with Crippen LogP contribution in [0.3, 0.4) is 0 Å². The van der Waals surface area contributed by atoms with Gasteiger partial charge in [0.15, 0.2) is 0 Å². The van der Waals surface area contributed by atoms with E-state index in [1.54, 1.807) is 30.6 Å². The molecule has 0 saturated carbocycles. The van der Waals surface area contributed by atoms with Crippen molar-refractivity contribution in [3.63, 3.8) is 0 Å². The summed E-state index contributed by atoms with van der Waals surface area (Å²) >= 11 is 0. The molecule has 0 saturated heterocycles. The summed E-state index contributed by atoms with van der Waals surface area (Å²) in [5.74, 6) is 6.86. The first-order valence-electron chi connectivity index (χ1n) is 7.74. The van der Waals surface area contributed by atoms with Gasteiger partial charge in [0.05, 0.1) is 6.10 Å². The molecule has 0 radical (unpaired) electrons. The molecule has 1 aromatic carbocycles. The van der Waals surface area contributed by atoms with E-state index in [0.717, 1.165) is 11.3 Å². The number of hydrogen-bond acceptors (Lipinski definition) is 8. The monoisotopic (exact) mass is 337 g/mol. The van der Waals surface area contributed by atoms with Crippen molar-refractivity contribution < 1.29 is 5.11 Å². The fraction of sp³-hybridized carbons (Fsp3) is 0.118. The van der Waals surface area contributed by atoms with Crippen LogP contribution in [0.4, 0.5) is 23.3 Å². The normalized spacial score (nSPS) is 11.6. The molecule has 0 fully saturated rings. The van der Waals surface area contributed by atoms with Crippen LogP contribution in [0.5, 0.6) is 0 Å². The molecular formula is C17H19N7O. The first-order chi connectivity index (χ1) is 12.2. The summed E-state index contributed by atoms with van der Waals surface area (Å²) in [4.78, 5) is 12.6. The van der Waals surface area contributed by atoms with Gasteiger partial charge in [-0.2, -0.15) is 9.97 Å². The number of nitrogens with one attached hydrogen (secondary N) is 3. The van der Waals surface area contributed by atoms with E-state index in [1.807, 2.05) is 30.3 Å². The number of anilines is 4. The number of hydrogen-bond donors (Lipinski definition) is 5. The highest BCUT2D eigenvalue weighted by molar-refractivity contribution is 5.58. The van der Waals surface area contributed by atoms with Gasteiger partial charge in [-0.3, -0.25) is 4.98 Å².